The fraction of sp³-hybridized carbons (Fsp3) is 0.0833. The molecule has 0 amide bonds. The van der Waals surface area contributed by atoms with Gasteiger partial charge in [-0.2, -0.15) is 4.39 Å². The second-order valence-electron chi connectivity index (χ2n) is 3.40. The molecule has 0 atom stereocenters. The van der Waals surface area contributed by atoms with Crippen molar-refractivity contribution in [1.29, 1.82) is 0 Å². The van der Waals surface area contributed by atoms with Gasteiger partial charge in [-0.25, -0.2) is 9.37 Å². The maximum absolute atomic E-state index is 13.5. The highest BCUT2D eigenvalue weighted by Gasteiger charge is 2.14. The zero-order chi connectivity index (χ0) is 13.1. The molecule has 0 aliphatic rings. The molecule has 0 aliphatic heterocycles. The molecule has 94 valence electrons. The number of nitrogens with zero attached hydrogens (tertiary/aromatic N) is 1. The van der Waals surface area contributed by atoms with Gasteiger partial charge >= 0.3 is 0 Å². The minimum absolute atomic E-state index is 0.156. The molecule has 2 aromatic rings. The van der Waals surface area contributed by atoms with E-state index < -0.39 is 11.6 Å². The first-order valence-electron chi connectivity index (χ1n) is 4.94. The molecule has 0 saturated carbocycles. The molecule has 0 bridgehead atoms. The Morgan fingerprint density at radius 3 is 2.83 bits per heavy atom. The zero-order valence-electron chi connectivity index (χ0n) is 8.96. The Morgan fingerprint density at radius 1 is 1.33 bits per heavy atom. The molecule has 0 saturated heterocycles. The number of ether oxygens (including phenoxy) is 1. The Kier molecular flexibility index (Phi) is 4.14. The molecule has 0 N–H and O–H groups in total. The Bertz CT molecular complexity index is 580. The van der Waals surface area contributed by atoms with Crippen LogP contribution in [0.5, 0.6) is 11.6 Å². The molecule has 2 nitrogen and oxygen atoms in total. The third-order valence-electron chi connectivity index (χ3n) is 2.16. The van der Waals surface area contributed by atoms with E-state index in [1.807, 2.05) is 0 Å². The van der Waals surface area contributed by atoms with Crippen molar-refractivity contribution in [3.05, 3.63) is 52.1 Å². The minimum Gasteiger partial charge on any atom is -0.435 e. The molecular formula is C12H7BrClF2NO. The standard InChI is InChI=1S/C12H7BrClF2NO/c13-8-4-9(15)11(16)10(5-8)18-12-7(6-14)2-1-3-17-12/h1-5H,6H2. The first-order valence-corrected chi connectivity index (χ1v) is 6.27. The summed E-state index contributed by atoms with van der Waals surface area (Å²) < 4.78 is 32.3. The van der Waals surface area contributed by atoms with E-state index in [1.54, 1.807) is 12.1 Å². The highest BCUT2D eigenvalue weighted by Crippen LogP contribution is 2.30. The summed E-state index contributed by atoms with van der Waals surface area (Å²) in [6.45, 7) is 0. The molecule has 0 aliphatic carbocycles. The van der Waals surface area contributed by atoms with E-state index in [9.17, 15) is 8.78 Å². The second kappa shape index (κ2) is 5.63. The average molecular weight is 335 g/mol. The van der Waals surface area contributed by atoms with E-state index in [0.717, 1.165) is 6.07 Å². The number of rotatable bonds is 3. The molecule has 0 fully saturated rings. The van der Waals surface area contributed by atoms with Crippen molar-refractivity contribution in [2.45, 2.75) is 5.88 Å². The molecular weight excluding hydrogens is 327 g/mol. The number of halogens is 4. The van der Waals surface area contributed by atoms with Crippen LogP contribution in [0.3, 0.4) is 0 Å². The topological polar surface area (TPSA) is 22.1 Å². The molecule has 18 heavy (non-hydrogen) atoms. The van der Waals surface area contributed by atoms with Gasteiger partial charge in [0.1, 0.15) is 0 Å². The Morgan fingerprint density at radius 2 is 2.11 bits per heavy atom. The number of pyridine rings is 1. The lowest BCUT2D eigenvalue weighted by molar-refractivity contribution is 0.402. The molecule has 6 heteroatoms. The third kappa shape index (κ3) is 2.79. The lowest BCUT2D eigenvalue weighted by atomic mass is 10.3. The van der Waals surface area contributed by atoms with Crippen molar-refractivity contribution < 1.29 is 13.5 Å². The smallest absolute Gasteiger partial charge is 0.223 e. The normalized spacial score (nSPS) is 10.4. The Hall–Kier alpha value is -1.20. The van der Waals surface area contributed by atoms with Crippen molar-refractivity contribution in [2.75, 3.05) is 0 Å². The van der Waals surface area contributed by atoms with Crippen molar-refractivity contribution in [2.24, 2.45) is 0 Å². The molecule has 1 heterocycles. The van der Waals surface area contributed by atoms with Gasteiger partial charge in [0.25, 0.3) is 0 Å². The van der Waals surface area contributed by atoms with Crippen LogP contribution in [0.1, 0.15) is 5.56 Å². The number of hydrogen-bond acceptors (Lipinski definition) is 2. The van der Waals surface area contributed by atoms with Gasteiger partial charge < -0.3 is 4.74 Å². The molecule has 1 aromatic heterocycles. The quantitative estimate of drug-likeness (QED) is 0.602. The van der Waals surface area contributed by atoms with Crippen LogP contribution >= 0.6 is 27.5 Å². The van der Waals surface area contributed by atoms with Gasteiger partial charge in [-0.3, -0.25) is 0 Å². The van der Waals surface area contributed by atoms with Crippen molar-refractivity contribution >= 4 is 27.5 Å². The van der Waals surface area contributed by atoms with Gasteiger partial charge in [-0.05, 0) is 18.2 Å². The predicted molar refractivity (Wildman–Crippen MR) is 67.9 cm³/mol. The van der Waals surface area contributed by atoms with E-state index in [-0.39, 0.29) is 17.5 Å². The summed E-state index contributed by atoms with van der Waals surface area (Å²) in [5, 5.41) is 0. The maximum atomic E-state index is 13.5. The molecule has 0 spiro atoms. The van der Waals surface area contributed by atoms with Gasteiger partial charge in [0.15, 0.2) is 11.6 Å². The van der Waals surface area contributed by atoms with Gasteiger partial charge in [-0.15, -0.1) is 11.6 Å². The summed E-state index contributed by atoms with van der Waals surface area (Å²) >= 11 is 8.77. The minimum atomic E-state index is -1.07. The number of hydrogen-bond donors (Lipinski definition) is 0. The number of alkyl halides is 1. The van der Waals surface area contributed by atoms with Gasteiger partial charge in [0.2, 0.25) is 11.7 Å². The Balaban J connectivity index is 2.40. The van der Waals surface area contributed by atoms with Crippen LogP contribution in [0.2, 0.25) is 0 Å². The van der Waals surface area contributed by atoms with E-state index in [4.69, 9.17) is 16.3 Å². The van der Waals surface area contributed by atoms with Gasteiger partial charge in [0.05, 0.1) is 5.88 Å². The van der Waals surface area contributed by atoms with E-state index in [0.29, 0.717) is 10.0 Å². The second-order valence-corrected chi connectivity index (χ2v) is 4.59. The Labute approximate surface area is 116 Å². The number of aromatic nitrogens is 1. The third-order valence-corrected chi connectivity index (χ3v) is 2.91. The average Bonchev–Trinajstić information content (AvgIpc) is 2.36. The van der Waals surface area contributed by atoms with Crippen LogP contribution in [-0.4, -0.2) is 4.98 Å². The van der Waals surface area contributed by atoms with E-state index >= 15 is 0 Å². The van der Waals surface area contributed by atoms with Crippen molar-refractivity contribution in [3.63, 3.8) is 0 Å². The summed E-state index contributed by atoms with van der Waals surface area (Å²) in [5.74, 6) is -1.98. The lowest BCUT2D eigenvalue weighted by Gasteiger charge is -2.09. The van der Waals surface area contributed by atoms with Gasteiger partial charge in [-0.1, -0.05) is 22.0 Å². The summed E-state index contributed by atoms with van der Waals surface area (Å²) in [4.78, 5) is 3.93. The van der Waals surface area contributed by atoms with E-state index in [2.05, 4.69) is 20.9 Å². The molecule has 1 aromatic carbocycles. The summed E-state index contributed by atoms with van der Waals surface area (Å²) in [5.41, 5.74) is 0.596. The zero-order valence-corrected chi connectivity index (χ0v) is 11.3. The summed E-state index contributed by atoms with van der Waals surface area (Å²) in [6.07, 6.45) is 1.48. The van der Waals surface area contributed by atoms with Crippen LogP contribution in [-0.2, 0) is 5.88 Å². The van der Waals surface area contributed by atoms with E-state index in [1.165, 1.54) is 12.3 Å². The highest BCUT2D eigenvalue weighted by atomic mass is 79.9. The van der Waals surface area contributed by atoms with Crippen LogP contribution in [0, 0.1) is 11.6 Å². The first kappa shape index (κ1) is 13.2. The summed E-state index contributed by atoms with van der Waals surface area (Å²) in [6, 6.07) is 5.72. The molecule has 0 unspecified atom stereocenters. The van der Waals surface area contributed by atoms with Crippen molar-refractivity contribution in [1.82, 2.24) is 4.98 Å². The van der Waals surface area contributed by atoms with Crippen LogP contribution in [0.25, 0.3) is 0 Å². The molecule has 2 rings (SSSR count). The fourth-order valence-corrected chi connectivity index (χ4v) is 1.94. The lowest BCUT2D eigenvalue weighted by Crippen LogP contribution is -1.96. The SMILES string of the molecule is Fc1cc(Br)cc(Oc2ncccc2CCl)c1F. The number of benzene rings is 1. The monoisotopic (exact) mass is 333 g/mol. The predicted octanol–water partition coefficient (Wildman–Crippen LogP) is 4.65. The first-order chi connectivity index (χ1) is 8.61. The van der Waals surface area contributed by atoms with Crippen molar-refractivity contribution in [3.8, 4) is 11.6 Å². The fourth-order valence-electron chi connectivity index (χ4n) is 1.33. The van der Waals surface area contributed by atoms with Gasteiger partial charge in [0, 0.05) is 16.2 Å². The maximum Gasteiger partial charge on any atom is 0.223 e. The molecule has 0 radical (unpaired) electrons. The summed E-state index contributed by atoms with van der Waals surface area (Å²) in [7, 11) is 0. The van der Waals surface area contributed by atoms with Crippen LogP contribution in [0.4, 0.5) is 8.78 Å². The highest BCUT2D eigenvalue weighted by molar-refractivity contribution is 9.10. The largest absolute Gasteiger partial charge is 0.435 e. The van der Waals surface area contributed by atoms with Crippen LogP contribution < -0.4 is 4.74 Å². The van der Waals surface area contributed by atoms with Crippen LogP contribution in [0.15, 0.2) is 34.9 Å².